The Kier molecular flexibility index (Phi) is 6.59. The van der Waals surface area contributed by atoms with Gasteiger partial charge < -0.3 is 10.2 Å². The molecular formula is C20H29N3O4S. The average Bonchev–Trinajstić information content (AvgIpc) is 2.87. The van der Waals surface area contributed by atoms with Crippen LogP contribution in [0.5, 0.6) is 0 Å². The molecule has 1 saturated heterocycles. The molecule has 0 aliphatic carbocycles. The molecule has 2 amide bonds. The van der Waals surface area contributed by atoms with Crippen molar-refractivity contribution in [3.63, 3.8) is 0 Å². The molecular weight excluding hydrogens is 378 g/mol. The SMILES string of the molecule is CS(=O)(=O)N1CCCc2cc(C(=O)NCCCN3CCCCCC3=O)ccc21. The second-order valence-electron chi connectivity index (χ2n) is 7.58. The molecule has 1 fully saturated rings. The van der Waals surface area contributed by atoms with E-state index in [1.807, 2.05) is 4.90 Å². The van der Waals surface area contributed by atoms with Gasteiger partial charge in [0.05, 0.1) is 11.9 Å². The fourth-order valence-corrected chi connectivity index (χ4v) is 4.89. The molecule has 154 valence electrons. The second-order valence-corrected chi connectivity index (χ2v) is 9.49. The van der Waals surface area contributed by atoms with Gasteiger partial charge in [-0.3, -0.25) is 13.9 Å². The number of benzene rings is 1. The van der Waals surface area contributed by atoms with E-state index in [2.05, 4.69) is 5.32 Å². The second kappa shape index (κ2) is 8.94. The summed E-state index contributed by atoms with van der Waals surface area (Å²) < 4.78 is 25.3. The van der Waals surface area contributed by atoms with E-state index in [4.69, 9.17) is 0 Å². The highest BCUT2D eigenvalue weighted by molar-refractivity contribution is 7.92. The predicted octanol–water partition coefficient (Wildman–Crippen LogP) is 1.92. The maximum absolute atomic E-state index is 12.5. The molecule has 28 heavy (non-hydrogen) atoms. The van der Waals surface area contributed by atoms with Gasteiger partial charge in [0.2, 0.25) is 15.9 Å². The molecule has 0 aromatic heterocycles. The number of carbonyl (C=O) groups is 2. The van der Waals surface area contributed by atoms with E-state index in [9.17, 15) is 18.0 Å². The summed E-state index contributed by atoms with van der Waals surface area (Å²) in [6.07, 6.45) is 7.20. The third-order valence-electron chi connectivity index (χ3n) is 5.38. The number of anilines is 1. The molecule has 1 N–H and O–H groups in total. The van der Waals surface area contributed by atoms with Gasteiger partial charge in [0, 0.05) is 38.2 Å². The van der Waals surface area contributed by atoms with Crippen molar-refractivity contribution in [3.05, 3.63) is 29.3 Å². The number of nitrogens with one attached hydrogen (secondary N) is 1. The fraction of sp³-hybridized carbons (Fsp3) is 0.600. The number of amides is 2. The smallest absolute Gasteiger partial charge is 0.251 e. The van der Waals surface area contributed by atoms with Crippen LogP contribution in [0.4, 0.5) is 5.69 Å². The molecule has 2 heterocycles. The highest BCUT2D eigenvalue weighted by Crippen LogP contribution is 2.29. The molecule has 3 rings (SSSR count). The number of hydrogen-bond donors (Lipinski definition) is 1. The lowest BCUT2D eigenvalue weighted by Gasteiger charge is -2.29. The average molecular weight is 408 g/mol. The quantitative estimate of drug-likeness (QED) is 0.730. The van der Waals surface area contributed by atoms with E-state index < -0.39 is 10.0 Å². The van der Waals surface area contributed by atoms with Crippen LogP contribution < -0.4 is 9.62 Å². The minimum atomic E-state index is -3.31. The van der Waals surface area contributed by atoms with Crippen molar-refractivity contribution in [2.75, 3.05) is 36.7 Å². The van der Waals surface area contributed by atoms with Gasteiger partial charge in [-0.1, -0.05) is 6.42 Å². The largest absolute Gasteiger partial charge is 0.352 e. The summed E-state index contributed by atoms with van der Waals surface area (Å²) in [5.74, 6) is 0.0513. The number of hydrogen-bond acceptors (Lipinski definition) is 4. The zero-order valence-electron chi connectivity index (χ0n) is 16.4. The topological polar surface area (TPSA) is 86.8 Å². The van der Waals surface area contributed by atoms with Crippen LogP contribution in [-0.4, -0.2) is 57.6 Å². The molecule has 0 atom stereocenters. The van der Waals surface area contributed by atoms with E-state index in [1.165, 1.54) is 10.6 Å². The molecule has 0 unspecified atom stereocenters. The summed E-state index contributed by atoms with van der Waals surface area (Å²) in [4.78, 5) is 26.3. The molecule has 0 saturated carbocycles. The zero-order valence-corrected chi connectivity index (χ0v) is 17.3. The number of fused-ring (bicyclic) bond motifs is 1. The predicted molar refractivity (Wildman–Crippen MR) is 109 cm³/mol. The number of nitrogens with zero attached hydrogens (tertiary/aromatic N) is 2. The summed E-state index contributed by atoms with van der Waals surface area (Å²) in [5, 5.41) is 2.91. The van der Waals surface area contributed by atoms with Crippen LogP contribution in [0.2, 0.25) is 0 Å². The van der Waals surface area contributed by atoms with Crippen molar-refractivity contribution in [2.45, 2.75) is 44.9 Å². The Balaban J connectivity index is 1.54. The van der Waals surface area contributed by atoms with E-state index in [1.54, 1.807) is 18.2 Å². The van der Waals surface area contributed by atoms with E-state index in [0.717, 1.165) is 50.6 Å². The van der Waals surface area contributed by atoms with Crippen LogP contribution in [0.1, 0.15) is 54.4 Å². The molecule has 7 nitrogen and oxygen atoms in total. The molecule has 1 aromatic rings. The molecule has 8 heteroatoms. The van der Waals surface area contributed by atoms with Gasteiger partial charge in [-0.05, 0) is 55.9 Å². The van der Waals surface area contributed by atoms with Crippen molar-refractivity contribution in [1.29, 1.82) is 0 Å². The van der Waals surface area contributed by atoms with E-state index in [0.29, 0.717) is 37.3 Å². The lowest BCUT2D eigenvalue weighted by atomic mass is 10.0. The lowest BCUT2D eigenvalue weighted by Crippen LogP contribution is -2.35. The Labute approximate surface area is 167 Å². The Morgan fingerprint density at radius 3 is 2.71 bits per heavy atom. The summed E-state index contributed by atoms with van der Waals surface area (Å²) in [6, 6.07) is 5.19. The summed E-state index contributed by atoms with van der Waals surface area (Å²) in [5.41, 5.74) is 2.10. The van der Waals surface area contributed by atoms with Gasteiger partial charge in [-0.15, -0.1) is 0 Å². The molecule has 2 aliphatic rings. The number of likely N-dealkylation sites (tertiary alicyclic amines) is 1. The van der Waals surface area contributed by atoms with Crippen LogP contribution in [0.25, 0.3) is 0 Å². The normalized spacial score (nSPS) is 17.8. The first-order valence-electron chi connectivity index (χ1n) is 10.0. The Hall–Kier alpha value is -2.09. The van der Waals surface area contributed by atoms with Crippen molar-refractivity contribution in [2.24, 2.45) is 0 Å². The van der Waals surface area contributed by atoms with Gasteiger partial charge >= 0.3 is 0 Å². The van der Waals surface area contributed by atoms with Crippen molar-refractivity contribution in [1.82, 2.24) is 10.2 Å². The van der Waals surface area contributed by atoms with Gasteiger partial charge in [-0.25, -0.2) is 8.42 Å². The molecule has 0 radical (unpaired) electrons. The van der Waals surface area contributed by atoms with Crippen LogP contribution >= 0.6 is 0 Å². The lowest BCUT2D eigenvalue weighted by molar-refractivity contribution is -0.130. The van der Waals surface area contributed by atoms with Crippen LogP contribution in [0.15, 0.2) is 18.2 Å². The van der Waals surface area contributed by atoms with Gasteiger partial charge in [0.25, 0.3) is 5.91 Å². The molecule has 2 aliphatic heterocycles. The minimum Gasteiger partial charge on any atom is -0.352 e. The Morgan fingerprint density at radius 2 is 1.93 bits per heavy atom. The molecule has 0 bridgehead atoms. The highest BCUT2D eigenvalue weighted by Gasteiger charge is 2.24. The fourth-order valence-electron chi connectivity index (χ4n) is 3.90. The van der Waals surface area contributed by atoms with Crippen molar-refractivity contribution >= 4 is 27.5 Å². The van der Waals surface area contributed by atoms with Gasteiger partial charge in [-0.2, -0.15) is 0 Å². The molecule has 0 spiro atoms. The standard InChI is InChI=1S/C20H29N3O4S/c1-28(26,27)23-14-5-7-16-15-17(9-10-18(16)23)20(25)21-11-6-13-22-12-4-2-3-8-19(22)24/h9-10,15H,2-8,11-14H2,1H3,(H,21,25). The maximum atomic E-state index is 12.5. The van der Waals surface area contributed by atoms with Crippen LogP contribution in [-0.2, 0) is 21.2 Å². The van der Waals surface area contributed by atoms with Crippen LogP contribution in [0.3, 0.4) is 0 Å². The third kappa shape index (κ3) is 5.04. The number of sulfonamides is 1. The van der Waals surface area contributed by atoms with Crippen molar-refractivity contribution < 1.29 is 18.0 Å². The first-order chi connectivity index (χ1) is 13.4. The first-order valence-corrected chi connectivity index (χ1v) is 11.9. The zero-order chi connectivity index (χ0) is 20.1. The number of rotatable bonds is 6. The summed E-state index contributed by atoms with van der Waals surface area (Å²) in [7, 11) is -3.31. The monoisotopic (exact) mass is 407 g/mol. The Morgan fingerprint density at radius 1 is 1.11 bits per heavy atom. The van der Waals surface area contributed by atoms with Gasteiger partial charge in [0.15, 0.2) is 0 Å². The molecule has 1 aromatic carbocycles. The van der Waals surface area contributed by atoms with Crippen molar-refractivity contribution in [3.8, 4) is 0 Å². The number of aryl methyl sites for hydroxylation is 1. The van der Waals surface area contributed by atoms with E-state index >= 15 is 0 Å². The van der Waals surface area contributed by atoms with Crippen LogP contribution in [0, 0.1) is 0 Å². The number of carbonyl (C=O) groups excluding carboxylic acids is 2. The van der Waals surface area contributed by atoms with E-state index in [-0.39, 0.29) is 11.8 Å². The summed E-state index contributed by atoms with van der Waals surface area (Å²) >= 11 is 0. The highest BCUT2D eigenvalue weighted by atomic mass is 32.2. The Bertz CT molecular complexity index is 838. The minimum absolute atomic E-state index is 0.165. The van der Waals surface area contributed by atoms with Gasteiger partial charge in [0.1, 0.15) is 0 Å². The maximum Gasteiger partial charge on any atom is 0.251 e. The summed E-state index contributed by atoms with van der Waals surface area (Å²) in [6.45, 7) is 2.48. The third-order valence-corrected chi connectivity index (χ3v) is 6.56. The first kappa shape index (κ1) is 20.6.